The van der Waals surface area contributed by atoms with E-state index in [0.717, 1.165) is 16.9 Å². The number of hydrogen-bond acceptors (Lipinski definition) is 10. The summed E-state index contributed by atoms with van der Waals surface area (Å²) in [6.45, 7) is 6.86. The lowest BCUT2D eigenvalue weighted by atomic mass is 9.89. The summed E-state index contributed by atoms with van der Waals surface area (Å²) in [7, 11) is 0. The average molecular weight is 577 g/mol. The molecule has 0 radical (unpaired) electrons. The maximum absolute atomic E-state index is 12.2. The molecule has 0 amide bonds. The van der Waals surface area contributed by atoms with Gasteiger partial charge < -0.3 is 28.4 Å². The second kappa shape index (κ2) is 14.1. The molecule has 11 heteroatoms. The first-order valence-electron chi connectivity index (χ1n) is 12.8. The van der Waals surface area contributed by atoms with Gasteiger partial charge in [-0.15, -0.1) is 0 Å². The van der Waals surface area contributed by atoms with Gasteiger partial charge in [-0.25, -0.2) is 0 Å². The van der Waals surface area contributed by atoms with Crippen LogP contribution in [0.1, 0.15) is 57.4 Å². The molecule has 0 unspecified atom stereocenters. The lowest BCUT2D eigenvalue weighted by Crippen LogP contribution is -2.59. The molecule has 3 rings (SSSR count). The predicted molar refractivity (Wildman–Crippen MR) is 143 cm³/mol. The second-order valence-electron chi connectivity index (χ2n) is 9.19. The summed E-state index contributed by atoms with van der Waals surface area (Å²) in [4.78, 5) is 47.9. The fourth-order valence-electron chi connectivity index (χ4n) is 4.56. The molecule has 2 aromatic rings. The normalized spacial score (nSPS) is 22.1. The Labute approximate surface area is 237 Å². The second-order valence-corrected chi connectivity index (χ2v) is 9.60. The van der Waals surface area contributed by atoms with Gasteiger partial charge in [0.05, 0.1) is 6.61 Å². The molecular formula is C29H33ClO10. The number of carbonyl (C=O) groups is 4. The van der Waals surface area contributed by atoms with Crippen molar-refractivity contribution in [3.8, 4) is 5.75 Å². The highest BCUT2D eigenvalue weighted by atomic mass is 35.5. The molecule has 1 saturated heterocycles. The Morgan fingerprint density at radius 3 is 2.05 bits per heavy atom. The molecule has 1 aliphatic rings. The molecule has 0 bridgehead atoms. The summed E-state index contributed by atoms with van der Waals surface area (Å²) in [5, 5.41) is 0.487. The minimum Gasteiger partial charge on any atom is -0.494 e. The van der Waals surface area contributed by atoms with Crippen LogP contribution >= 0.6 is 11.6 Å². The van der Waals surface area contributed by atoms with Crippen LogP contribution in [0.25, 0.3) is 0 Å². The molecule has 1 aliphatic heterocycles. The van der Waals surface area contributed by atoms with Crippen LogP contribution in [0.4, 0.5) is 0 Å². The van der Waals surface area contributed by atoms with Crippen molar-refractivity contribution in [2.24, 2.45) is 0 Å². The molecule has 216 valence electrons. The highest BCUT2D eigenvalue weighted by Crippen LogP contribution is 2.39. The van der Waals surface area contributed by atoms with Crippen LogP contribution in [0.15, 0.2) is 42.5 Å². The lowest BCUT2D eigenvalue weighted by Gasteiger charge is -2.44. The Morgan fingerprint density at radius 1 is 0.800 bits per heavy atom. The Bertz CT molecular complexity index is 1230. The van der Waals surface area contributed by atoms with E-state index in [0.29, 0.717) is 23.6 Å². The quantitative estimate of drug-likeness (QED) is 0.301. The monoisotopic (exact) mass is 576 g/mol. The largest absolute Gasteiger partial charge is 0.494 e. The molecule has 1 heterocycles. The topological polar surface area (TPSA) is 124 Å². The van der Waals surface area contributed by atoms with Crippen molar-refractivity contribution < 1.29 is 47.6 Å². The van der Waals surface area contributed by atoms with E-state index < -0.39 is 54.4 Å². The minimum atomic E-state index is -1.26. The average Bonchev–Trinajstić information content (AvgIpc) is 2.87. The first kappa shape index (κ1) is 30.9. The van der Waals surface area contributed by atoms with Gasteiger partial charge in [0.1, 0.15) is 24.6 Å². The van der Waals surface area contributed by atoms with Crippen LogP contribution in [0, 0.1) is 0 Å². The number of ether oxygens (including phenoxy) is 6. The van der Waals surface area contributed by atoms with Gasteiger partial charge in [-0.1, -0.05) is 41.9 Å². The number of rotatable bonds is 10. The Kier molecular flexibility index (Phi) is 10.9. The third kappa shape index (κ3) is 8.19. The summed E-state index contributed by atoms with van der Waals surface area (Å²) in [5.74, 6) is -1.93. The molecule has 1 fully saturated rings. The van der Waals surface area contributed by atoms with Gasteiger partial charge in [-0.05, 0) is 35.7 Å². The van der Waals surface area contributed by atoms with Gasteiger partial charge in [-0.2, -0.15) is 0 Å². The van der Waals surface area contributed by atoms with Crippen molar-refractivity contribution in [1.82, 2.24) is 0 Å². The first-order chi connectivity index (χ1) is 19.0. The van der Waals surface area contributed by atoms with Crippen molar-refractivity contribution >= 4 is 35.5 Å². The van der Waals surface area contributed by atoms with E-state index in [1.54, 1.807) is 18.2 Å². The fraction of sp³-hybridized carbons (Fsp3) is 0.448. The van der Waals surface area contributed by atoms with Crippen molar-refractivity contribution in [2.75, 3.05) is 13.2 Å². The van der Waals surface area contributed by atoms with Crippen LogP contribution in [0.2, 0.25) is 5.02 Å². The predicted octanol–water partition coefficient (Wildman–Crippen LogP) is 4.13. The van der Waals surface area contributed by atoms with E-state index in [1.807, 2.05) is 31.2 Å². The van der Waals surface area contributed by atoms with Crippen molar-refractivity contribution in [3.63, 3.8) is 0 Å². The third-order valence-electron chi connectivity index (χ3n) is 6.04. The van der Waals surface area contributed by atoms with Crippen molar-refractivity contribution in [1.29, 1.82) is 0 Å². The molecule has 10 nitrogen and oxygen atoms in total. The van der Waals surface area contributed by atoms with E-state index in [-0.39, 0.29) is 6.61 Å². The maximum atomic E-state index is 12.2. The number of benzene rings is 2. The van der Waals surface area contributed by atoms with E-state index >= 15 is 0 Å². The van der Waals surface area contributed by atoms with Gasteiger partial charge in [0.15, 0.2) is 18.3 Å². The summed E-state index contributed by atoms with van der Waals surface area (Å²) in [5.41, 5.74) is 2.19. The van der Waals surface area contributed by atoms with Gasteiger partial charge in [0.25, 0.3) is 0 Å². The van der Waals surface area contributed by atoms with Gasteiger partial charge in [-0.3, -0.25) is 19.2 Å². The molecule has 0 spiro atoms. The Balaban J connectivity index is 2.08. The van der Waals surface area contributed by atoms with Gasteiger partial charge in [0, 0.05) is 39.1 Å². The van der Waals surface area contributed by atoms with Crippen LogP contribution in [-0.2, 0) is 49.3 Å². The fourth-order valence-corrected chi connectivity index (χ4v) is 4.74. The van der Waals surface area contributed by atoms with Crippen LogP contribution in [0.5, 0.6) is 5.75 Å². The highest BCUT2D eigenvalue weighted by Gasteiger charge is 2.52. The van der Waals surface area contributed by atoms with Gasteiger partial charge in [0.2, 0.25) is 0 Å². The van der Waals surface area contributed by atoms with E-state index in [9.17, 15) is 19.2 Å². The van der Waals surface area contributed by atoms with Crippen LogP contribution in [-0.4, -0.2) is 61.5 Å². The zero-order valence-electron chi connectivity index (χ0n) is 23.0. The Morgan fingerprint density at radius 2 is 1.43 bits per heavy atom. The zero-order valence-corrected chi connectivity index (χ0v) is 23.8. The number of hydrogen-bond donors (Lipinski definition) is 0. The third-order valence-corrected chi connectivity index (χ3v) is 6.41. The summed E-state index contributed by atoms with van der Waals surface area (Å²) in [6.07, 6.45) is -5.32. The summed E-state index contributed by atoms with van der Waals surface area (Å²) < 4.78 is 33.8. The molecule has 40 heavy (non-hydrogen) atoms. The van der Waals surface area contributed by atoms with Crippen LogP contribution in [0.3, 0.4) is 0 Å². The SMILES string of the molecule is CCOc1ccccc1Cc1cc([C@@H]2O[C@H](COC(C)=O)[C@@H](OC(C)=O)[C@H](OC(C)=O)[C@H]2OC(C)=O)ccc1Cl. The molecule has 0 N–H and O–H groups in total. The minimum absolute atomic E-state index is 0.309. The smallest absolute Gasteiger partial charge is 0.303 e. The first-order valence-corrected chi connectivity index (χ1v) is 13.2. The summed E-state index contributed by atoms with van der Waals surface area (Å²) >= 11 is 6.58. The molecule has 2 aromatic carbocycles. The highest BCUT2D eigenvalue weighted by molar-refractivity contribution is 6.31. The maximum Gasteiger partial charge on any atom is 0.303 e. The van der Waals surface area contributed by atoms with Crippen molar-refractivity contribution in [3.05, 3.63) is 64.2 Å². The molecule has 5 atom stereocenters. The van der Waals surface area contributed by atoms with Gasteiger partial charge >= 0.3 is 23.9 Å². The molecule has 0 aromatic heterocycles. The molecule has 0 aliphatic carbocycles. The number of para-hydroxylation sites is 1. The Hall–Kier alpha value is -3.63. The summed E-state index contributed by atoms with van der Waals surface area (Å²) in [6, 6.07) is 12.8. The van der Waals surface area contributed by atoms with Crippen molar-refractivity contribution in [2.45, 2.75) is 71.6 Å². The zero-order chi connectivity index (χ0) is 29.4. The molecular weight excluding hydrogens is 544 g/mol. The van der Waals surface area contributed by atoms with E-state index in [1.165, 1.54) is 27.7 Å². The number of esters is 4. The standard InChI is InChI=1S/C29H33ClO10/c1-6-35-24-10-8-7-9-20(24)13-22-14-21(11-12-23(22)30)26-28(38-18(4)33)29(39-19(5)34)27(37-17(3)32)25(40-26)15-36-16(2)31/h7-12,14,25-29H,6,13,15H2,1-5H3/t25-,26+,27-,28+,29+/m1/s1. The van der Waals surface area contributed by atoms with E-state index in [2.05, 4.69) is 0 Å². The van der Waals surface area contributed by atoms with E-state index in [4.69, 9.17) is 40.0 Å². The molecule has 0 saturated carbocycles. The number of halogens is 1. The van der Waals surface area contributed by atoms with Crippen LogP contribution < -0.4 is 4.74 Å². The number of carbonyl (C=O) groups excluding carboxylic acids is 4. The lowest BCUT2D eigenvalue weighted by molar-refractivity contribution is -0.254.